The normalized spacial score (nSPS) is 10.4. The summed E-state index contributed by atoms with van der Waals surface area (Å²) in [4.78, 5) is 32.9. The van der Waals surface area contributed by atoms with E-state index in [0.29, 0.717) is 15.6 Å². The van der Waals surface area contributed by atoms with E-state index in [-0.39, 0.29) is 6.54 Å². The number of carboxylic acid groups (broad SMARTS) is 1. The molecule has 0 fully saturated rings. The first-order chi connectivity index (χ1) is 9.88. The van der Waals surface area contributed by atoms with Crippen LogP contribution in [0.15, 0.2) is 24.3 Å². The summed E-state index contributed by atoms with van der Waals surface area (Å²) < 4.78 is 0. The molecular formula is C13H12Cl2N2O4. The van der Waals surface area contributed by atoms with Crippen molar-refractivity contribution in [3.05, 3.63) is 39.9 Å². The van der Waals surface area contributed by atoms with Crippen molar-refractivity contribution < 1.29 is 19.5 Å². The van der Waals surface area contributed by atoms with E-state index in [4.69, 9.17) is 28.3 Å². The van der Waals surface area contributed by atoms with Gasteiger partial charge in [-0.05, 0) is 23.8 Å². The fraction of sp³-hybridized carbons (Fsp3) is 0.154. The van der Waals surface area contributed by atoms with Crippen LogP contribution in [0.1, 0.15) is 5.56 Å². The molecule has 0 spiro atoms. The Labute approximate surface area is 130 Å². The molecule has 0 aliphatic carbocycles. The lowest BCUT2D eigenvalue weighted by Gasteiger charge is -2.03. The van der Waals surface area contributed by atoms with Gasteiger partial charge in [0.15, 0.2) is 0 Å². The lowest BCUT2D eigenvalue weighted by molar-refractivity contribution is -0.137. The molecule has 0 atom stereocenters. The first kappa shape index (κ1) is 17.0. The molecule has 1 aromatic carbocycles. The number of carbonyl (C=O) groups excluding carboxylic acids is 2. The van der Waals surface area contributed by atoms with Crippen LogP contribution in [0.2, 0.25) is 10.0 Å². The highest BCUT2D eigenvalue weighted by Crippen LogP contribution is 2.21. The highest BCUT2D eigenvalue weighted by molar-refractivity contribution is 6.35. The molecule has 3 N–H and O–H groups in total. The molecule has 0 unspecified atom stereocenters. The van der Waals surface area contributed by atoms with Crippen LogP contribution in [0.25, 0.3) is 6.08 Å². The lowest BCUT2D eigenvalue weighted by atomic mass is 10.2. The molecule has 0 saturated heterocycles. The fourth-order valence-corrected chi connectivity index (χ4v) is 1.74. The molecule has 0 aliphatic rings. The van der Waals surface area contributed by atoms with Crippen LogP contribution in [0.5, 0.6) is 0 Å². The van der Waals surface area contributed by atoms with E-state index in [0.717, 1.165) is 0 Å². The summed E-state index contributed by atoms with van der Waals surface area (Å²) in [5.74, 6) is -2.26. The number of amides is 2. The molecule has 0 aliphatic heterocycles. The van der Waals surface area contributed by atoms with Crippen LogP contribution in [0.4, 0.5) is 0 Å². The van der Waals surface area contributed by atoms with Crippen LogP contribution in [0, 0.1) is 0 Å². The molecule has 6 nitrogen and oxygen atoms in total. The van der Waals surface area contributed by atoms with Gasteiger partial charge >= 0.3 is 5.97 Å². The summed E-state index contributed by atoms with van der Waals surface area (Å²) in [6, 6.07) is 4.82. The van der Waals surface area contributed by atoms with Crippen LogP contribution in [-0.4, -0.2) is 36.0 Å². The van der Waals surface area contributed by atoms with Gasteiger partial charge in [-0.1, -0.05) is 29.3 Å². The Balaban J connectivity index is 2.44. The molecule has 21 heavy (non-hydrogen) atoms. The van der Waals surface area contributed by atoms with Gasteiger partial charge in [-0.25, -0.2) is 0 Å². The maximum Gasteiger partial charge on any atom is 0.322 e. The predicted octanol–water partition coefficient (Wildman–Crippen LogP) is 1.32. The second kappa shape index (κ2) is 8.28. The van der Waals surface area contributed by atoms with Crippen molar-refractivity contribution in [2.45, 2.75) is 0 Å². The number of aliphatic carboxylic acids is 1. The van der Waals surface area contributed by atoms with Crippen molar-refractivity contribution in [1.29, 1.82) is 0 Å². The number of halogens is 2. The number of carbonyl (C=O) groups is 3. The molecule has 1 rings (SSSR count). The third kappa shape index (κ3) is 6.78. The van der Waals surface area contributed by atoms with E-state index in [9.17, 15) is 14.4 Å². The number of carboxylic acids is 1. The first-order valence-corrected chi connectivity index (χ1v) is 6.53. The van der Waals surface area contributed by atoms with Gasteiger partial charge in [0.25, 0.3) is 0 Å². The summed E-state index contributed by atoms with van der Waals surface area (Å²) in [5, 5.41) is 13.7. The maximum atomic E-state index is 11.5. The number of rotatable bonds is 6. The van der Waals surface area contributed by atoms with Gasteiger partial charge in [0, 0.05) is 16.1 Å². The predicted molar refractivity (Wildman–Crippen MR) is 79.2 cm³/mol. The van der Waals surface area contributed by atoms with Gasteiger partial charge < -0.3 is 15.7 Å². The smallest absolute Gasteiger partial charge is 0.322 e. The topological polar surface area (TPSA) is 95.5 Å². The Kier molecular flexibility index (Phi) is 6.71. The van der Waals surface area contributed by atoms with E-state index in [1.54, 1.807) is 18.2 Å². The third-order valence-corrected chi connectivity index (χ3v) is 2.80. The summed E-state index contributed by atoms with van der Waals surface area (Å²) in [5.41, 5.74) is 0.603. The summed E-state index contributed by atoms with van der Waals surface area (Å²) in [6.45, 7) is -0.810. The number of hydrogen-bond donors (Lipinski definition) is 3. The molecule has 0 bridgehead atoms. The van der Waals surface area contributed by atoms with Crippen molar-refractivity contribution in [3.63, 3.8) is 0 Å². The standard InChI is InChI=1S/C13H12Cl2N2O4/c14-9-3-1-8(10(15)5-9)2-4-11(18)16-6-12(19)17-7-13(20)21/h1-5H,6-7H2,(H,16,18)(H,17,19)(H,20,21)/b4-2+. The Morgan fingerprint density at radius 1 is 1.14 bits per heavy atom. The molecule has 2 amide bonds. The van der Waals surface area contributed by atoms with E-state index >= 15 is 0 Å². The Morgan fingerprint density at radius 2 is 1.86 bits per heavy atom. The second-order valence-corrected chi connectivity index (χ2v) is 4.73. The quantitative estimate of drug-likeness (QED) is 0.685. The monoisotopic (exact) mass is 330 g/mol. The molecule has 0 heterocycles. The van der Waals surface area contributed by atoms with E-state index < -0.39 is 24.3 Å². The largest absolute Gasteiger partial charge is 0.480 e. The minimum atomic E-state index is -1.16. The molecule has 1 aromatic rings. The highest BCUT2D eigenvalue weighted by Gasteiger charge is 2.05. The maximum absolute atomic E-state index is 11.5. The minimum absolute atomic E-state index is 0.315. The first-order valence-electron chi connectivity index (χ1n) is 5.78. The average molecular weight is 331 g/mol. The van der Waals surface area contributed by atoms with Crippen LogP contribution >= 0.6 is 23.2 Å². The number of benzene rings is 1. The molecule has 0 saturated carbocycles. The number of nitrogens with one attached hydrogen (secondary N) is 2. The molecular weight excluding hydrogens is 319 g/mol. The zero-order chi connectivity index (χ0) is 15.8. The average Bonchev–Trinajstić information content (AvgIpc) is 2.41. The molecule has 0 aromatic heterocycles. The Morgan fingerprint density at radius 3 is 2.48 bits per heavy atom. The Hall–Kier alpha value is -2.05. The zero-order valence-electron chi connectivity index (χ0n) is 10.7. The Bertz CT molecular complexity index is 588. The van der Waals surface area contributed by atoms with E-state index in [1.807, 2.05) is 0 Å². The van der Waals surface area contributed by atoms with Gasteiger partial charge in [0.1, 0.15) is 6.54 Å². The summed E-state index contributed by atoms with van der Waals surface area (Å²) >= 11 is 11.7. The molecule has 0 radical (unpaired) electrons. The van der Waals surface area contributed by atoms with Crippen LogP contribution in [-0.2, 0) is 14.4 Å². The van der Waals surface area contributed by atoms with E-state index in [2.05, 4.69) is 10.6 Å². The minimum Gasteiger partial charge on any atom is -0.480 e. The summed E-state index contributed by atoms with van der Waals surface area (Å²) in [6.07, 6.45) is 2.68. The van der Waals surface area contributed by atoms with Crippen LogP contribution < -0.4 is 10.6 Å². The van der Waals surface area contributed by atoms with Crippen molar-refractivity contribution in [2.75, 3.05) is 13.1 Å². The highest BCUT2D eigenvalue weighted by atomic mass is 35.5. The van der Waals surface area contributed by atoms with Gasteiger partial charge in [0.05, 0.1) is 6.54 Å². The van der Waals surface area contributed by atoms with Crippen molar-refractivity contribution in [3.8, 4) is 0 Å². The SMILES string of the molecule is O=C(O)CNC(=O)CNC(=O)/C=C/c1ccc(Cl)cc1Cl. The van der Waals surface area contributed by atoms with E-state index in [1.165, 1.54) is 12.2 Å². The van der Waals surface area contributed by atoms with Crippen molar-refractivity contribution in [1.82, 2.24) is 10.6 Å². The van der Waals surface area contributed by atoms with Crippen molar-refractivity contribution >= 4 is 47.1 Å². The van der Waals surface area contributed by atoms with Gasteiger partial charge in [0.2, 0.25) is 11.8 Å². The summed E-state index contributed by atoms with van der Waals surface area (Å²) in [7, 11) is 0. The third-order valence-electron chi connectivity index (χ3n) is 2.24. The van der Waals surface area contributed by atoms with Gasteiger partial charge in [-0.2, -0.15) is 0 Å². The van der Waals surface area contributed by atoms with Crippen LogP contribution in [0.3, 0.4) is 0 Å². The molecule has 112 valence electrons. The second-order valence-electron chi connectivity index (χ2n) is 3.89. The zero-order valence-corrected chi connectivity index (χ0v) is 12.2. The van der Waals surface area contributed by atoms with Gasteiger partial charge in [-0.15, -0.1) is 0 Å². The van der Waals surface area contributed by atoms with Gasteiger partial charge in [-0.3, -0.25) is 14.4 Å². The lowest BCUT2D eigenvalue weighted by Crippen LogP contribution is -2.38. The fourth-order valence-electron chi connectivity index (χ4n) is 1.27. The van der Waals surface area contributed by atoms with Crippen molar-refractivity contribution in [2.24, 2.45) is 0 Å². The molecule has 8 heteroatoms. The number of hydrogen-bond acceptors (Lipinski definition) is 3.